The van der Waals surface area contributed by atoms with E-state index in [0.29, 0.717) is 5.56 Å². The van der Waals surface area contributed by atoms with E-state index < -0.39 is 0 Å². The maximum Gasteiger partial charge on any atom is 0.271 e. The molecule has 19 heavy (non-hydrogen) atoms. The van der Waals surface area contributed by atoms with E-state index in [2.05, 4.69) is 31.4 Å². The lowest BCUT2D eigenvalue weighted by atomic mass is 10.2. The van der Waals surface area contributed by atoms with Gasteiger partial charge in [-0.05, 0) is 36.2 Å². The van der Waals surface area contributed by atoms with Crippen molar-refractivity contribution in [2.45, 2.75) is 6.92 Å². The second-order valence-corrected chi connectivity index (χ2v) is 4.80. The van der Waals surface area contributed by atoms with Crippen molar-refractivity contribution in [3.05, 3.63) is 63.9 Å². The van der Waals surface area contributed by atoms with E-state index in [0.717, 1.165) is 15.6 Å². The highest BCUT2D eigenvalue weighted by Crippen LogP contribution is 2.16. The summed E-state index contributed by atoms with van der Waals surface area (Å²) in [5.41, 5.74) is 5.05. The van der Waals surface area contributed by atoms with Crippen LogP contribution in [0.25, 0.3) is 0 Å². The molecule has 0 saturated heterocycles. The second kappa shape index (κ2) is 6.24. The van der Waals surface area contributed by atoms with Gasteiger partial charge in [0.25, 0.3) is 5.91 Å². The Bertz CT molecular complexity index is 611. The van der Waals surface area contributed by atoms with Gasteiger partial charge in [0, 0.05) is 22.4 Å². The van der Waals surface area contributed by atoms with Gasteiger partial charge in [-0.1, -0.05) is 28.1 Å². The van der Waals surface area contributed by atoms with Gasteiger partial charge in [0.15, 0.2) is 0 Å². The van der Waals surface area contributed by atoms with Crippen LogP contribution in [-0.2, 0) is 0 Å². The molecule has 0 atom stereocenters. The van der Waals surface area contributed by atoms with Crippen molar-refractivity contribution >= 4 is 28.1 Å². The number of aromatic nitrogens is 1. The molecule has 2 rings (SSSR count). The monoisotopic (exact) mass is 317 g/mol. The predicted octanol–water partition coefficient (Wildman–Crippen LogP) is 2.92. The molecule has 1 aromatic carbocycles. The summed E-state index contributed by atoms with van der Waals surface area (Å²) in [5, 5.41) is 3.92. The fourth-order valence-electron chi connectivity index (χ4n) is 1.42. The number of pyridine rings is 1. The highest BCUT2D eigenvalue weighted by atomic mass is 79.9. The lowest BCUT2D eigenvalue weighted by Gasteiger charge is -2.00. The van der Waals surface area contributed by atoms with Gasteiger partial charge in [-0.15, -0.1) is 0 Å². The molecule has 0 fully saturated rings. The number of carbonyl (C=O) groups excluding carboxylic acids is 1. The van der Waals surface area contributed by atoms with Crippen LogP contribution in [0.4, 0.5) is 0 Å². The SMILES string of the molecule is Cc1ccc(/C=N\NC(=O)c2ccncc2)cc1Br. The minimum absolute atomic E-state index is 0.259. The van der Waals surface area contributed by atoms with Crippen molar-refractivity contribution in [2.75, 3.05) is 0 Å². The molecule has 0 bridgehead atoms. The number of hydrogen-bond donors (Lipinski definition) is 1. The summed E-state index contributed by atoms with van der Waals surface area (Å²) in [7, 11) is 0. The third-order valence-electron chi connectivity index (χ3n) is 2.52. The van der Waals surface area contributed by atoms with Crippen LogP contribution in [0.3, 0.4) is 0 Å². The van der Waals surface area contributed by atoms with E-state index in [1.807, 2.05) is 25.1 Å². The van der Waals surface area contributed by atoms with Gasteiger partial charge in [0.05, 0.1) is 6.21 Å². The first kappa shape index (κ1) is 13.4. The molecule has 0 aliphatic rings. The van der Waals surface area contributed by atoms with Gasteiger partial charge in [-0.25, -0.2) is 5.43 Å². The van der Waals surface area contributed by atoms with Crippen molar-refractivity contribution in [1.82, 2.24) is 10.4 Å². The van der Waals surface area contributed by atoms with Crippen LogP contribution in [0.2, 0.25) is 0 Å². The Balaban J connectivity index is 2.00. The zero-order valence-corrected chi connectivity index (χ0v) is 11.9. The van der Waals surface area contributed by atoms with Crippen molar-refractivity contribution in [1.29, 1.82) is 0 Å². The molecular formula is C14H12BrN3O. The lowest BCUT2D eigenvalue weighted by Crippen LogP contribution is -2.17. The summed E-state index contributed by atoms with van der Waals surface area (Å²) < 4.78 is 1.01. The number of amides is 1. The van der Waals surface area contributed by atoms with Crippen molar-refractivity contribution in [2.24, 2.45) is 5.10 Å². The van der Waals surface area contributed by atoms with Crippen LogP contribution in [0, 0.1) is 6.92 Å². The van der Waals surface area contributed by atoms with E-state index in [9.17, 15) is 4.79 Å². The zero-order valence-electron chi connectivity index (χ0n) is 10.3. The molecule has 5 heteroatoms. The van der Waals surface area contributed by atoms with Crippen LogP contribution in [0.15, 0.2) is 52.3 Å². The molecule has 4 nitrogen and oxygen atoms in total. The average Bonchev–Trinajstić information content (AvgIpc) is 2.43. The summed E-state index contributed by atoms with van der Waals surface area (Å²) in [4.78, 5) is 15.5. The highest BCUT2D eigenvalue weighted by Gasteiger charge is 2.02. The molecule has 0 radical (unpaired) electrons. The van der Waals surface area contributed by atoms with Crippen LogP contribution in [0.1, 0.15) is 21.5 Å². The van der Waals surface area contributed by atoms with Crippen LogP contribution < -0.4 is 5.43 Å². The normalized spacial score (nSPS) is 10.6. The Hall–Kier alpha value is -2.01. The summed E-state index contributed by atoms with van der Waals surface area (Å²) in [6, 6.07) is 9.12. The Morgan fingerprint density at radius 3 is 2.74 bits per heavy atom. The molecular weight excluding hydrogens is 306 g/mol. The molecule has 1 N–H and O–H groups in total. The number of rotatable bonds is 3. The van der Waals surface area contributed by atoms with Crippen LogP contribution in [0.5, 0.6) is 0 Å². The van der Waals surface area contributed by atoms with E-state index in [1.54, 1.807) is 30.7 Å². The zero-order chi connectivity index (χ0) is 13.7. The van der Waals surface area contributed by atoms with Gasteiger partial charge in [0.2, 0.25) is 0 Å². The smallest absolute Gasteiger partial charge is 0.267 e. The predicted molar refractivity (Wildman–Crippen MR) is 78.2 cm³/mol. The Labute approximate surface area is 119 Å². The standard InChI is InChI=1S/C14H12BrN3O/c1-10-2-3-11(8-13(10)15)9-17-18-14(19)12-4-6-16-7-5-12/h2-9H,1H3,(H,18,19)/b17-9-. The first-order valence-corrected chi connectivity index (χ1v) is 6.46. The number of hydrazone groups is 1. The molecule has 96 valence electrons. The molecule has 0 spiro atoms. The molecule has 0 unspecified atom stereocenters. The molecule has 1 heterocycles. The summed E-state index contributed by atoms with van der Waals surface area (Å²) >= 11 is 3.45. The van der Waals surface area contributed by atoms with E-state index >= 15 is 0 Å². The second-order valence-electron chi connectivity index (χ2n) is 3.94. The molecule has 1 aromatic heterocycles. The number of nitrogens with zero attached hydrogens (tertiary/aromatic N) is 2. The van der Waals surface area contributed by atoms with Gasteiger partial charge >= 0.3 is 0 Å². The molecule has 2 aromatic rings. The van der Waals surface area contributed by atoms with Gasteiger partial charge in [-0.2, -0.15) is 5.10 Å². The molecule has 0 aliphatic carbocycles. The third kappa shape index (κ3) is 3.72. The summed E-state index contributed by atoms with van der Waals surface area (Å²) in [6.07, 6.45) is 4.73. The first-order chi connectivity index (χ1) is 9.16. The first-order valence-electron chi connectivity index (χ1n) is 5.66. The van der Waals surface area contributed by atoms with Gasteiger partial charge < -0.3 is 0 Å². The van der Waals surface area contributed by atoms with Gasteiger partial charge in [0.1, 0.15) is 0 Å². The van der Waals surface area contributed by atoms with Crippen molar-refractivity contribution in [3.63, 3.8) is 0 Å². The van der Waals surface area contributed by atoms with Crippen LogP contribution >= 0.6 is 15.9 Å². The fraction of sp³-hybridized carbons (Fsp3) is 0.0714. The number of halogens is 1. The van der Waals surface area contributed by atoms with Gasteiger partial charge in [-0.3, -0.25) is 9.78 Å². The number of nitrogens with one attached hydrogen (secondary N) is 1. The maximum atomic E-state index is 11.7. The largest absolute Gasteiger partial charge is 0.271 e. The minimum atomic E-state index is -0.259. The summed E-state index contributed by atoms with van der Waals surface area (Å²) in [6.45, 7) is 2.01. The Morgan fingerprint density at radius 2 is 2.05 bits per heavy atom. The average molecular weight is 318 g/mol. The lowest BCUT2D eigenvalue weighted by molar-refractivity contribution is 0.0955. The maximum absolute atomic E-state index is 11.7. The number of benzene rings is 1. The highest BCUT2D eigenvalue weighted by molar-refractivity contribution is 9.10. The van der Waals surface area contributed by atoms with Crippen molar-refractivity contribution in [3.8, 4) is 0 Å². The van der Waals surface area contributed by atoms with E-state index in [-0.39, 0.29) is 5.91 Å². The third-order valence-corrected chi connectivity index (χ3v) is 3.37. The fourth-order valence-corrected chi connectivity index (χ4v) is 1.82. The van der Waals surface area contributed by atoms with Crippen LogP contribution in [-0.4, -0.2) is 17.1 Å². The molecule has 0 saturated carbocycles. The quantitative estimate of drug-likeness (QED) is 0.699. The minimum Gasteiger partial charge on any atom is -0.267 e. The molecule has 1 amide bonds. The number of carbonyl (C=O) groups is 1. The van der Waals surface area contributed by atoms with E-state index in [4.69, 9.17) is 0 Å². The van der Waals surface area contributed by atoms with E-state index in [1.165, 1.54) is 0 Å². The molecule has 0 aliphatic heterocycles. The summed E-state index contributed by atoms with van der Waals surface area (Å²) in [5.74, 6) is -0.259. The topological polar surface area (TPSA) is 54.4 Å². The number of hydrogen-bond acceptors (Lipinski definition) is 3. The Kier molecular flexibility index (Phi) is 4.41. The Morgan fingerprint density at radius 1 is 1.32 bits per heavy atom. The van der Waals surface area contributed by atoms with Crippen molar-refractivity contribution < 1.29 is 4.79 Å². The number of aryl methyl sites for hydroxylation is 1.